The van der Waals surface area contributed by atoms with E-state index in [1.54, 1.807) is 18.1 Å². The summed E-state index contributed by atoms with van der Waals surface area (Å²) in [5, 5.41) is 3.57. The summed E-state index contributed by atoms with van der Waals surface area (Å²) in [5.74, 6) is 1.49. The first-order valence-electron chi connectivity index (χ1n) is 12.1. The SMILES string of the molecule is CCCNC(=O)[C@@H](Cc1ccccc1)N(Cc1ccccc1Cl)C(=O)CSCc1ccc(OC)cc1. The van der Waals surface area contributed by atoms with Gasteiger partial charge in [-0.2, -0.15) is 0 Å². The fraction of sp³-hybridized carbons (Fsp3) is 0.310. The van der Waals surface area contributed by atoms with Crippen molar-refractivity contribution in [2.24, 2.45) is 0 Å². The Morgan fingerprint density at radius 2 is 1.67 bits per heavy atom. The largest absolute Gasteiger partial charge is 0.497 e. The van der Waals surface area contributed by atoms with Crippen molar-refractivity contribution >= 4 is 35.2 Å². The van der Waals surface area contributed by atoms with Gasteiger partial charge in [-0.05, 0) is 41.3 Å². The summed E-state index contributed by atoms with van der Waals surface area (Å²) in [7, 11) is 1.64. The lowest BCUT2D eigenvalue weighted by atomic mass is 10.0. The first kappa shape index (κ1) is 27.6. The smallest absolute Gasteiger partial charge is 0.243 e. The molecular formula is C29H33ClN2O3S. The van der Waals surface area contributed by atoms with Gasteiger partial charge in [0.1, 0.15) is 11.8 Å². The van der Waals surface area contributed by atoms with E-state index in [-0.39, 0.29) is 24.1 Å². The number of carbonyl (C=O) groups is 2. The van der Waals surface area contributed by atoms with E-state index in [1.165, 1.54) is 11.8 Å². The molecule has 0 aliphatic carbocycles. The van der Waals surface area contributed by atoms with Crippen LogP contribution in [0.4, 0.5) is 0 Å². The molecule has 3 rings (SSSR count). The van der Waals surface area contributed by atoms with E-state index in [9.17, 15) is 9.59 Å². The van der Waals surface area contributed by atoms with Crippen molar-refractivity contribution in [2.45, 2.75) is 38.1 Å². The van der Waals surface area contributed by atoms with Gasteiger partial charge < -0.3 is 15.0 Å². The molecule has 0 bridgehead atoms. The number of nitrogens with one attached hydrogen (secondary N) is 1. The number of ether oxygens (including phenoxy) is 1. The van der Waals surface area contributed by atoms with Crippen LogP contribution in [-0.2, 0) is 28.3 Å². The third kappa shape index (κ3) is 8.32. The van der Waals surface area contributed by atoms with Crippen LogP contribution in [0.25, 0.3) is 0 Å². The Morgan fingerprint density at radius 3 is 2.33 bits per heavy atom. The van der Waals surface area contributed by atoms with Gasteiger partial charge in [-0.25, -0.2) is 0 Å². The number of hydrogen-bond donors (Lipinski definition) is 1. The van der Waals surface area contributed by atoms with Gasteiger partial charge in [0.2, 0.25) is 11.8 Å². The number of benzene rings is 3. The molecule has 2 amide bonds. The summed E-state index contributed by atoms with van der Waals surface area (Å²) in [6.45, 7) is 2.83. The van der Waals surface area contributed by atoms with Crippen LogP contribution in [0.15, 0.2) is 78.9 Å². The molecule has 0 saturated carbocycles. The molecular weight excluding hydrogens is 492 g/mol. The predicted molar refractivity (Wildman–Crippen MR) is 148 cm³/mol. The van der Waals surface area contributed by atoms with Gasteiger partial charge in [0.25, 0.3) is 0 Å². The number of nitrogens with zero attached hydrogens (tertiary/aromatic N) is 1. The first-order valence-corrected chi connectivity index (χ1v) is 13.6. The maximum atomic E-state index is 13.6. The summed E-state index contributed by atoms with van der Waals surface area (Å²) in [6.07, 6.45) is 1.25. The lowest BCUT2D eigenvalue weighted by molar-refractivity contribution is -0.139. The van der Waals surface area contributed by atoms with E-state index >= 15 is 0 Å². The third-order valence-corrected chi connectivity index (χ3v) is 7.13. The van der Waals surface area contributed by atoms with E-state index < -0.39 is 6.04 Å². The molecule has 0 radical (unpaired) electrons. The second kappa shape index (κ2) is 14.6. The van der Waals surface area contributed by atoms with E-state index in [2.05, 4.69) is 5.32 Å². The van der Waals surface area contributed by atoms with Gasteiger partial charge in [0.15, 0.2) is 0 Å². The monoisotopic (exact) mass is 524 g/mol. The van der Waals surface area contributed by atoms with Crippen LogP contribution < -0.4 is 10.1 Å². The topological polar surface area (TPSA) is 58.6 Å². The number of carbonyl (C=O) groups excluding carboxylic acids is 2. The van der Waals surface area contributed by atoms with Crippen LogP contribution in [0.5, 0.6) is 5.75 Å². The molecule has 0 fully saturated rings. The Labute approximate surface area is 223 Å². The molecule has 1 N–H and O–H groups in total. The van der Waals surface area contributed by atoms with E-state index in [0.29, 0.717) is 23.7 Å². The molecule has 0 saturated heterocycles. The van der Waals surface area contributed by atoms with Crippen molar-refractivity contribution in [1.29, 1.82) is 0 Å². The van der Waals surface area contributed by atoms with Crippen LogP contribution in [0.1, 0.15) is 30.0 Å². The molecule has 0 aliphatic heterocycles. The number of halogens is 1. The molecule has 0 heterocycles. The predicted octanol–water partition coefficient (Wildman–Crippen LogP) is 5.75. The number of thioether (sulfide) groups is 1. The summed E-state index contributed by atoms with van der Waals surface area (Å²) in [4.78, 5) is 28.6. The zero-order chi connectivity index (χ0) is 25.8. The molecule has 0 aromatic heterocycles. The van der Waals surface area contributed by atoms with E-state index in [1.807, 2.05) is 79.7 Å². The Bertz CT molecular complexity index is 1110. The van der Waals surface area contributed by atoms with Crippen molar-refractivity contribution in [1.82, 2.24) is 10.2 Å². The molecule has 0 aliphatic rings. The number of rotatable bonds is 13. The fourth-order valence-electron chi connectivity index (χ4n) is 3.79. The minimum atomic E-state index is -0.649. The summed E-state index contributed by atoms with van der Waals surface area (Å²) >= 11 is 7.98. The van der Waals surface area contributed by atoms with Crippen molar-refractivity contribution in [3.8, 4) is 5.75 Å². The highest BCUT2D eigenvalue weighted by atomic mass is 35.5. The van der Waals surface area contributed by atoms with Crippen molar-refractivity contribution in [2.75, 3.05) is 19.4 Å². The molecule has 3 aromatic rings. The van der Waals surface area contributed by atoms with Gasteiger partial charge in [-0.15, -0.1) is 11.8 Å². The summed E-state index contributed by atoms with van der Waals surface area (Å²) < 4.78 is 5.22. The van der Waals surface area contributed by atoms with Crippen molar-refractivity contribution in [3.05, 3.63) is 101 Å². The number of methoxy groups -OCH3 is 1. The Balaban J connectivity index is 1.82. The Morgan fingerprint density at radius 1 is 0.972 bits per heavy atom. The fourth-order valence-corrected chi connectivity index (χ4v) is 4.86. The van der Waals surface area contributed by atoms with Gasteiger partial charge in [-0.1, -0.05) is 79.2 Å². The van der Waals surface area contributed by atoms with Gasteiger partial charge in [-0.3, -0.25) is 9.59 Å². The average molecular weight is 525 g/mol. The minimum absolute atomic E-state index is 0.0963. The van der Waals surface area contributed by atoms with Crippen molar-refractivity contribution < 1.29 is 14.3 Å². The highest BCUT2D eigenvalue weighted by molar-refractivity contribution is 7.99. The van der Waals surface area contributed by atoms with Crippen LogP contribution in [-0.4, -0.2) is 42.2 Å². The quantitative estimate of drug-likeness (QED) is 0.309. The average Bonchev–Trinajstić information content (AvgIpc) is 2.91. The molecule has 1 atom stereocenters. The molecule has 36 heavy (non-hydrogen) atoms. The van der Waals surface area contributed by atoms with Crippen LogP contribution in [0.3, 0.4) is 0 Å². The molecule has 7 heteroatoms. The van der Waals surface area contributed by atoms with Crippen LogP contribution >= 0.6 is 23.4 Å². The zero-order valence-electron chi connectivity index (χ0n) is 20.8. The normalized spacial score (nSPS) is 11.5. The van der Waals surface area contributed by atoms with Crippen LogP contribution in [0.2, 0.25) is 5.02 Å². The van der Waals surface area contributed by atoms with Gasteiger partial charge >= 0.3 is 0 Å². The molecule has 0 unspecified atom stereocenters. The van der Waals surface area contributed by atoms with Gasteiger partial charge in [0, 0.05) is 30.3 Å². The minimum Gasteiger partial charge on any atom is -0.497 e. The Hall–Kier alpha value is -2.96. The first-order chi connectivity index (χ1) is 17.5. The second-order valence-electron chi connectivity index (χ2n) is 8.45. The maximum Gasteiger partial charge on any atom is 0.243 e. The molecule has 190 valence electrons. The van der Waals surface area contributed by atoms with Crippen LogP contribution in [0, 0.1) is 0 Å². The zero-order valence-corrected chi connectivity index (χ0v) is 22.4. The lowest BCUT2D eigenvalue weighted by Crippen LogP contribution is -2.51. The maximum absolute atomic E-state index is 13.6. The Kier molecular flexibility index (Phi) is 11.2. The van der Waals surface area contributed by atoms with Crippen molar-refractivity contribution in [3.63, 3.8) is 0 Å². The van der Waals surface area contributed by atoms with E-state index in [4.69, 9.17) is 16.3 Å². The third-order valence-electron chi connectivity index (χ3n) is 5.77. The molecule has 5 nitrogen and oxygen atoms in total. The standard InChI is InChI=1S/C29H33ClN2O3S/c1-3-17-31-29(34)27(18-22-9-5-4-6-10-22)32(19-24-11-7-8-12-26(24)30)28(33)21-36-20-23-13-15-25(35-2)16-14-23/h4-16,27H,3,17-21H2,1-2H3,(H,31,34)/t27-/m1/s1. The lowest BCUT2D eigenvalue weighted by Gasteiger charge is -2.31. The highest BCUT2D eigenvalue weighted by Gasteiger charge is 2.30. The summed E-state index contributed by atoms with van der Waals surface area (Å²) in [6, 6.07) is 24.4. The number of hydrogen-bond acceptors (Lipinski definition) is 4. The molecule has 0 spiro atoms. The number of amides is 2. The molecule has 3 aromatic carbocycles. The second-order valence-corrected chi connectivity index (χ2v) is 9.84. The van der Waals surface area contributed by atoms with E-state index in [0.717, 1.165) is 28.9 Å². The van der Waals surface area contributed by atoms with Gasteiger partial charge in [0.05, 0.1) is 12.9 Å². The highest BCUT2D eigenvalue weighted by Crippen LogP contribution is 2.22. The summed E-state index contributed by atoms with van der Waals surface area (Å²) in [5.41, 5.74) is 2.92.